The van der Waals surface area contributed by atoms with Crippen LogP contribution in [0.5, 0.6) is 0 Å². The number of halogens is 3. The third-order valence-corrected chi connectivity index (χ3v) is 5.02. The van der Waals surface area contributed by atoms with Gasteiger partial charge in [0, 0.05) is 31.2 Å². The predicted octanol–water partition coefficient (Wildman–Crippen LogP) is 3.58. The minimum atomic E-state index is -4.42. The molecular weight excluding hydrogens is 333 g/mol. The zero-order valence-corrected chi connectivity index (χ0v) is 13.6. The van der Waals surface area contributed by atoms with E-state index in [2.05, 4.69) is 10.1 Å². The molecule has 4 rings (SSSR count). The summed E-state index contributed by atoms with van der Waals surface area (Å²) in [5.74, 6) is 0.481. The summed E-state index contributed by atoms with van der Waals surface area (Å²) in [6.45, 7) is 1.06. The fourth-order valence-electron chi connectivity index (χ4n) is 3.47. The summed E-state index contributed by atoms with van der Waals surface area (Å²) in [6.07, 6.45) is 2.20. The lowest BCUT2D eigenvalue weighted by Crippen LogP contribution is -2.39. The van der Waals surface area contributed by atoms with Gasteiger partial charge in [-0.1, -0.05) is 0 Å². The number of piperidine rings is 1. The van der Waals surface area contributed by atoms with Gasteiger partial charge in [0.15, 0.2) is 5.69 Å². The van der Waals surface area contributed by atoms with Gasteiger partial charge in [-0.2, -0.15) is 18.3 Å². The number of carbonyl (C=O) groups excluding carboxylic acids is 1. The Kier molecular flexibility index (Phi) is 3.85. The SMILES string of the molecule is O=C(c1cc[nH]c1C1CC1)N1CCC(n2ccc(C(F)(F)F)n2)CC1. The van der Waals surface area contributed by atoms with E-state index in [0.717, 1.165) is 30.2 Å². The molecule has 2 aromatic rings. The van der Waals surface area contributed by atoms with Crippen LogP contribution in [0.3, 0.4) is 0 Å². The quantitative estimate of drug-likeness (QED) is 0.918. The number of carbonyl (C=O) groups is 1. The second kappa shape index (κ2) is 5.93. The number of aromatic amines is 1. The molecule has 1 aliphatic carbocycles. The highest BCUT2D eigenvalue weighted by atomic mass is 19.4. The van der Waals surface area contributed by atoms with E-state index in [1.54, 1.807) is 11.1 Å². The summed E-state index contributed by atoms with van der Waals surface area (Å²) in [7, 11) is 0. The van der Waals surface area contributed by atoms with Crippen molar-refractivity contribution < 1.29 is 18.0 Å². The van der Waals surface area contributed by atoms with Crippen LogP contribution < -0.4 is 0 Å². The van der Waals surface area contributed by atoms with Crippen LogP contribution in [0.1, 0.15) is 59.4 Å². The Labute approximate surface area is 142 Å². The number of hydrogen-bond donors (Lipinski definition) is 1. The highest BCUT2D eigenvalue weighted by Crippen LogP contribution is 2.41. The molecule has 2 aliphatic rings. The molecule has 1 N–H and O–H groups in total. The van der Waals surface area contributed by atoms with Gasteiger partial charge in [0.1, 0.15) is 0 Å². The standard InChI is InChI=1S/C17H19F3N4O/c18-17(19,20)14-6-10-24(22-14)12-4-8-23(9-5-12)16(25)13-3-7-21-15(13)11-1-2-11/h3,6-7,10-12,21H,1-2,4-5,8-9H2. The minimum absolute atomic E-state index is 0.0121. The maximum atomic E-state index is 12.7. The molecule has 1 saturated carbocycles. The fraction of sp³-hybridized carbons (Fsp3) is 0.529. The number of rotatable bonds is 3. The van der Waals surface area contributed by atoms with Crippen molar-refractivity contribution in [1.82, 2.24) is 19.7 Å². The Hall–Kier alpha value is -2.25. The van der Waals surface area contributed by atoms with Crippen LogP contribution in [0, 0.1) is 0 Å². The first-order valence-electron chi connectivity index (χ1n) is 8.52. The van der Waals surface area contributed by atoms with Crippen molar-refractivity contribution in [1.29, 1.82) is 0 Å². The fourth-order valence-corrected chi connectivity index (χ4v) is 3.47. The highest BCUT2D eigenvalue weighted by molar-refractivity contribution is 5.95. The maximum Gasteiger partial charge on any atom is 0.435 e. The number of nitrogens with zero attached hydrogens (tertiary/aromatic N) is 3. The molecule has 1 amide bonds. The van der Waals surface area contributed by atoms with Crippen molar-refractivity contribution in [2.75, 3.05) is 13.1 Å². The first-order chi connectivity index (χ1) is 11.9. The molecule has 5 nitrogen and oxygen atoms in total. The van der Waals surface area contributed by atoms with E-state index in [0.29, 0.717) is 31.8 Å². The Morgan fingerprint density at radius 2 is 1.88 bits per heavy atom. The lowest BCUT2D eigenvalue weighted by molar-refractivity contribution is -0.141. The molecule has 1 aliphatic heterocycles. The van der Waals surface area contributed by atoms with Gasteiger partial charge in [0.05, 0.1) is 11.6 Å². The molecule has 1 saturated heterocycles. The third-order valence-electron chi connectivity index (χ3n) is 5.02. The van der Waals surface area contributed by atoms with Crippen molar-refractivity contribution >= 4 is 5.91 Å². The molecule has 0 unspecified atom stereocenters. The Balaban J connectivity index is 1.40. The molecule has 0 radical (unpaired) electrons. The third kappa shape index (κ3) is 3.17. The average Bonchev–Trinajstić information content (AvgIpc) is 3.12. The maximum absolute atomic E-state index is 12.7. The van der Waals surface area contributed by atoms with Crippen molar-refractivity contribution in [3.63, 3.8) is 0 Å². The largest absolute Gasteiger partial charge is 0.435 e. The van der Waals surface area contributed by atoms with E-state index in [1.807, 2.05) is 6.07 Å². The molecule has 3 heterocycles. The minimum Gasteiger partial charge on any atom is -0.364 e. The molecule has 0 spiro atoms. The number of aromatic nitrogens is 3. The van der Waals surface area contributed by atoms with Gasteiger partial charge >= 0.3 is 6.18 Å². The highest BCUT2D eigenvalue weighted by Gasteiger charge is 2.35. The van der Waals surface area contributed by atoms with Crippen LogP contribution >= 0.6 is 0 Å². The number of alkyl halides is 3. The molecule has 2 fully saturated rings. The van der Waals surface area contributed by atoms with Crippen LogP contribution in [0.2, 0.25) is 0 Å². The van der Waals surface area contributed by atoms with E-state index >= 15 is 0 Å². The number of H-pyrrole nitrogens is 1. The van der Waals surface area contributed by atoms with E-state index in [-0.39, 0.29) is 11.9 Å². The first-order valence-corrected chi connectivity index (χ1v) is 8.52. The van der Waals surface area contributed by atoms with Crippen LogP contribution in [-0.4, -0.2) is 38.7 Å². The molecule has 134 valence electrons. The first kappa shape index (κ1) is 16.2. The van der Waals surface area contributed by atoms with Gasteiger partial charge in [-0.05, 0) is 43.7 Å². The zero-order valence-electron chi connectivity index (χ0n) is 13.6. The van der Waals surface area contributed by atoms with Crippen molar-refractivity contribution in [3.8, 4) is 0 Å². The van der Waals surface area contributed by atoms with Gasteiger partial charge in [-0.25, -0.2) is 0 Å². The Bertz CT molecular complexity index is 767. The van der Waals surface area contributed by atoms with Gasteiger partial charge in [0.25, 0.3) is 5.91 Å². The van der Waals surface area contributed by atoms with E-state index in [9.17, 15) is 18.0 Å². The van der Waals surface area contributed by atoms with E-state index in [4.69, 9.17) is 0 Å². The van der Waals surface area contributed by atoms with Crippen LogP contribution in [0.25, 0.3) is 0 Å². The predicted molar refractivity (Wildman–Crippen MR) is 84.2 cm³/mol. The van der Waals surface area contributed by atoms with Gasteiger partial charge < -0.3 is 9.88 Å². The Morgan fingerprint density at radius 1 is 1.16 bits per heavy atom. The molecule has 2 aromatic heterocycles. The summed E-state index contributed by atoms with van der Waals surface area (Å²) in [5, 5.41) is 3.65. The van der Waals surface area contributed by atoms with Gasteiger partial charge in [0.2, 0.25) is 0 Å². The number of hydrogen-bond acceptors (Lipinski definition) is 2. The lowest BCUT2D eigenvalue weighted by Gasteiger charge is -2.32. The van der Waals surface area contributed by atoms with E-state index in [1.165, 1.54) is 10.9 Å². The lowest BCUT2D eigenvalue weighted by atomic mass is 10.0. The average molecular weight is 352 g/mol. The second-order valence-electron chi connectivity index (χ2n) is 6.78. The summed E-state index contributed by atoms with van der Waals surface area (Å²) < 4.78 is 39.4. The van der Waals surface area contributed by atoms with Crippen LogP contribution in [0.15, 0.2) is 24.5 Å². The molecule has 0 atom stereocenters. The summed E-state index contributed by atoms with van der Waals surface area (Å²) >= 11 is 0. The topological polar surface area (TPSA) is 53.9 Å². The smallest absolute Gasteiger partial charge is 0.364 e. The summed E-state index contributed by atoms with van der Waals surface area (Å²) in [4.78, 5) is 17.7. The normalized spacial score (nSPS) is 19.4. The summed E-state index contributed by atoms with van der Waals surface area (Å²) in [6, 6.07) is 2.72. The van der Waals surface area contributed by atoms with E-state index < -0.39 is 11.9 Å². The molecule has 25 heavy (non-hydrogen) atoms. The van der Waals surface area contributed by atoms with Gasteiger partial charge in [-0.15, -0.1) is 0 Å². The van der Waals surface area contributed by atoms with Crippen molar-refractivity contribution in [2.24, 2.45) is 0 Å². The zero-order chi connectivity index (χ0) is 17.6. The number of amides is 1. The van der Waals surface area contributed by atoms with Crippen molar-refractivity contribution in [2.45, 2.75) is 43.8 Å². The molecular formula is C17H19F3N4O. The number of nitrogens with one attached hydrogen (secondary N) is 1. The van der Waals surface area contributed by atoms with Crippen LogP contribution in [-0.2, 0) is 6.18 Å². The van der Waals surface area contributed by atoms with Crippen LogP contribution in [0.4, 0.5) is 13.2 Å². The molecule has 8 heteroatoms. The second-order valence-corrected chi connectivity index (χ2v) is 6.78. The van der Waals surface area contributed by atoms with Gasteiger partial charge in [-0.3, -0.25) is 9.48 Å². The number of likely N-dealkylation sites (tertiary alicyclic amines) is 1. The molecule has 0 bridgehead atoms. The van der Waals surface area contributed by atoms with Crippen molar-refractivity contribution in [3.05, 3.63) is 41.5 Å². The monoisotopic (exact) mass is 352 g/mol. The molecule has 0 aromatic carbocycles. The summed E-state index contributed by atoms with van der Waals surface area (Å²) in [5.41, 5.74) is 0.890. The Morgan fingerprint density at radius 3 is 2.48 bits per heavy atom.